The van der Waals surface area contributed by atoms with Gasteiger partial charge in [-0.15, -0.1) is 0 Å². The van der Waals surface area contributed by atoms with E-state index in [1.807, 2.05) is 0 Å². The number of anilines is 1. The van der Waals surface area contributed by atoms with E-state index in [4.69, 9.17) is 17.3 Å². The number of nitrogen functional groups attached to an aromatic ring is 1. The standard InChI is InChI=1S/C16H13ClN4O3/c1-20-14(19)12(15(23)21(2)16(20)24)13(22)10(8-18)7-9-3-5-11(17)6-4-9/h3-7H,19H2,1-2H3/b10-7+. The highest BCUT2D eigenvalue weighted by molar-refractivity contribution is 6.30. The Bertz CT molecular complexity index is 1010. The van der Waals surface area contributed by atoms with Gasteiger partial charge in [-0.3, -0.25) is 18.7 Å². The van der Waals surface area contributed by atoms with Gasteiger partial charge in [0.05, 0.1) is 0 Å². The van der Waals surface area contributed by atoms with Crippen LogP contribution in [0.1, 0.15) is 15.9 Å². The highest BCUT2D eigenvalue weighted by atomic mass is 35.5. The van der Waals surface area contributed by atoms with Crippen LogP contribution in [0.5, 0.6) is 0 Å². The van der Waals surface area contributed by atoms with E-state index in [2.05, 4.69) is 0 Å². The van der Waals surface area contributed by atoms with Gasteiger partial charge < -0.3 is 5.73 Å². The Labute approximate surface area is 141 Å². The number of ketones is 1. The Morgan fingerprint density at radius 2 is 1.79 bits per heavy atom. The van der Waals surface area contributed by atoms with Gasteiger partial charge in [0.1, 0.15) is 23.0 Å². The zero-order chi connectivity index (χ0) is 18.0. The molecular weight excluding hydrogens is 332 g/mol. The number of rotatable bonds is 3. The Kier molecular flexibility index (Phi) is 4.71. The van der Waals surface area contributed by atoms with E-state index in [-0.39, 0.29) is 11.4 Å². The van der Waals surface area contributed by atoms with Crippen LogP contribution in [-0.2, 0) is 14.1 Å². The summed E-state index contributed by atoms with van der Waals surface area (Å²) in [6.45, 7) is 0. The SMILES string of the molecule is Cn1c(N)c(C(=O)/C(C#N)=C/c2ccc(Cl)cc2)c(=O)n(C)c1=O. The molecule has 0 amide bonds. The molecule has 0 aliphatic rings. The number of aromatic nitrogens is 2. The monoisotopic (exact) mass is 344 g/mol. The number of hydrogen-bond acceptors (Lipinski definition) is 5. The van der Waals surface area contributed by atoms with E-state index in [1.165, 1.54) is 20.2 Å². The Balaban J connectivity index is 2.63. The van der Waals surface area contributed by atoms with Gasteiger partial charge in [0, 0.05) is 19.1 Å². The van der Waals surface area contributed by atoms with Gasteiger partial charge in [-0.2, -0.15) is 5.26 Å². The Hall–Kier alpha value is -3.11. The smallest absolute Gasteiger partial charge is 0.332 e. The maximum Gasteiger partial charge on any atom is 0.332 e. The molecule has 2 N–H and O–H groups in total. The molecule has 1 heterocycles. The molecule has 0 aliphatic heterocycles. The normalized spacial score (nSPS) is 11.2. The van der Waals surface area contributed by atoms with Gasteiger partial charge in [0.25, 0.3) is 5.56 Å². The molecule has 24 heavy (non-hydrogen) atoms. The fourth-order valence-electron chi connectivity index (χ4n) is 2.08. The molecule has 8 heteroatoms. The van der Waals surface area contributed by atoms with Gasteiger partial charge in [0.2, 0.25) is 5.78 Å². The lowest BCUT2D eigenvalue weighted by Gasteiger charge is -2.10. The van der Waals surface area contributed by atoms with Crippen LogP contribution in [0.3, 0.4) is 0 Å². The number of nitriles is 1. The summed E-state index contributed by atoms with van der Waals surface area (Å²) in [5.41, 5.74) is 4.09. The van der Waals surface area contributed by atoms with Crippen LogP contribution in [0, 0.1) is 11.3 Å². The molecule has 7 nitrogen and oxygen atoms in total. The van der Waals surface area contributed by atoms with Crippen molar-refractivity contribution in [2.24, 2.45) is 14.1 Å². The lowest BCUT2D eigenvalue weighted by Crippen LogP contribution is -2.41. The fourth-order valence-corrected chi connectivity index (χ4v) is 2.21. The van der Waals surface area contributed by atoms with Crippen molar-refractivity contribution in [3.8, 4) is 6.07 Å². The molecule has 122 valence electrons. The second kappa shape index (κ2) is 6.56. The maximum atomic E-state index is 12.6. The molecule has 0 fully saturated rings. The van der Waals surface area contributed by atoms with E-state index >= 15 is 0 Å². The first-order valence-electron chi connectivity index (χ1n) is 6.75. The lowest BCUT2D eigenvalue weighted by atomic mass is 10.0. The fraction of sp³-hybridized carbons (Fsp3) is 0.125. The molecule has 2 aromatic rings. The van der Waals surface area contributed by atoms with E-state index in [0.29, 0.717) is 10.6 Å². The number of Topliss-reactive ketones (excluding diaryl/α,β-unsaturated/α-hetero) is 1. The summed E-state index contributed by atoms with van der Waals surface area (Å²) < 4.78 is 1.74. The van der Waals surface area contributed by atoms with Crippen molar-refractivity contribution in [2.75, 3.05) is 5.73 Å². The van der Waals surface area contributed by atoms with Crippen LogP contribution < -0.4 is 17.0 Å². The highest BCUT2D eigenvalue weighted by Crippen LogP contribution is 2.16. The number of carbonyl (C=O) groups excluding carboxylic acids is 1. The Morgan fingerprint density at radius 1 is 1.21 bits per heavy atom. The maximum absolute atomic E-state index is 12.6. The molecule has 0 bridgehead atoms. The summed E-state index contributed by atoms with van der Waals surface area (Å²) in [5, 5.41) is 9.77. The van der Waals surface area contributed by atoms with E-state index in [9.17, 15) is 19.6 Å². The van der Waals surface area contributed by atoms with Crippen LogP contribution in [0.4, 0.5) is 5.82 Å². The first-order chi connectivity index (χ1) is 11.3. The zero-order valence-electron chi connectivity index (χ0n) is 12.9. The van der Waals surface area contributed by atoms with Crippen molar-refractivity contribution in [2.45, 2.75) is 0 Å². The second-order valence-corrected chi connectivity index (χ2v) is 5.45. The molecule has 0 radical (unpaired) electrons. The minimum atomic E-state index is -0.849. The summed E-state index contributed by atoms with van der Waals surface area (Å²) in [4.78, 5) is 36.6. The van der Waals surface area contributed by atoms with Crippen molar-refractivity contribution in [1.82, 2.24) is 9.13 Å². The molecule has 0 saturated carbocycles. The van der Waals surface area contributed by atoms with E-state index < -0.39 is 22.6 Å². The third-order valence-electron chi connectivity index (χ3n) is 3.48. The molecule has 0 aliphatic carbocycles. The van der Waals surface area contributed by atoms with Crippen LogP contribution in [0.25, 0.3) is 6.08 Å². The average Bonchev–Trinajstić information content (AvgIpc) is 2.57. The molecule has 0 unspecified atom stereocenters. The van der Waals surface area contributed by atoms with Gasteiger partial charge in [0.15, 0.2) is 0 Å². The highest BCUT2D eigenvalue weighted by Gasteiger charge is 2.23. The minimum absolute atomic E-state index is 0.278. The van der Waals surface area contributed by atoms with Crippen LogP contribution in [0.15, 0.2) is 39.4 Å². The zero-order valence-corrected chi connectivity index (χ0v) is 13.7. The summed E-state index contributed by atoms with van der Waals surface area (Å²) >= 11 is 5.79. The molecule has 0 atom stereocenters. The lowest BCUT2D eigenvalue weighted by molar-refractivity contribution is 0.103. The number of nitrogens with two attached hydrogens (primary N) is 1. The quantitative estimate of drug-likeness (QED) is 0.509. The molecule has 1 aromatic carbocycles. The number of hydrogen-bond donors (Lipinski definition) is 1. The first-order valence-corrected chi connectivity index (χ1v) is 7.13. The van der Waals surface area contributed by atoms with Crippen molar-refractivity contribution < 1.29 is 4.79 Å². The molecule has 1 aromatic heterocycles. The predicted octanol–water partition coefficient (Wildman–Crippen LogP) is 1.11. The molecule has 0 spiro atoms. The van der Waals surface area contributed by atoms with E-state index in [1.54, 1.807) is 30.3 Å². The summed E-state index contributed by atoms with van der Waals surface area (Å²) in [5.74, 6) is -1.13. The topological polar surface area (TPSA) is 111 Å². The Morgan fingerprint density at radius 3 is 2.33 bits per heavy atom. The average molecular weight is 345 g/mol. The second-order valence-electron chi connectivity index (χ2n) is 5.02. The minimum Gasteiger partial charge on any atom is -0.384 e. The van der Waals surface area contributed by atoms with Crippen molar-refractivity contribution in [3.05, 3.63) is 66.8 Å². The molecule has 0 saturated heterocycles. The van der Waals surface area contributed by atoms with Gasteiger partial charge in [-0.25, -0.2) is 4.79 Å². The molecular formula is C16H13ClN4O3. The largest absolute Gasteiger partial charge is 0.384 e. The van der Waals surface area contributed by atoms with Crippen molar-refractivity contribution in [3.63, 3.8) is 0 Å². The summed E-state index contributed by atoms with van der Waals surface area (Å²) in [6.07, 6.45) is 1.32. The third-order valence-corrected chi connectivity index (χ3v) is 3.73. The number of allylic oxidation sites excluding steroid dienone is 1. The number of nitrogens with zero attached hydrogens (tertiary/aromatic N) is 3. The van der Waals surface area contributed by atoms with Crippen LogP contribution >= 0.6 is 11.6 Å². The van der Waals surface area contributed by atoms with Gasteiger partial charge >= 0.3 is 5.69 Å². The van der Waals surface area contributed by atoms with Gasteiger partial charge in [-0.1, -0.05) is 23.7 Å². The third kappa shape index (κ3) is 3.00. The summed E-state index contributed by atoms with van der Waals surface area (Å²) in [6, 6.07) is 8.21. The predicted molar refractivity (Wildman–Crippen MR) is 90.7 cm³/mol. The van der Waals surface area contributed by atoms with Gasteiger partial charge in [-0.05, 0) is 23.8 Å². The van der Waals surface area contributed by atoms with Crippen LogP contribution in [-0.4, -0.2) is 14.9 Å². The summed E-state index contributed by atoms with van der Waals surface area (Å²) in [7, 11) is 2.57. The van der Waals surface area contributed by atoms with Crippen molar-refractivity contribution >= 4 is 29.3 Å². The number of carbonyl (C=O) groups is 1. The first kappa shape index (κ1) is 17.2. The molecule has 2 rings (SSSR count). The van der Waals surface area contributed by atoms with E-state index in [0.717, 1.165) is 9.13 Å². The number of benzene rings is 1. The number of halogens is 1. The van der Waals surface area contributed by atoms with Crippen molar-refractivity contribution in [1.29, 1.82) is 5.26 Å². The van der Waals surface area contributed by atoms with Crippen LogP contribution in [0.2, 0.25) is 5.02 Å².